The van der Waals surface area contributed by atoms with Gasteiger partial charge in [0.1, 0.15) is 11.5 Å². The molecule has 1 aromatic carbocycles. The summed E-state index contributed by atoms with van der Waals surface area (Å²) in [5.41, 5.74) is 5.14. The summed E-state index contributed by atoms with van der Waals surface area (Å²) >= 11 is 0. The smallest absolute Gasteiger partial charge is 0.163 e. The fourth-order valence-electron chi connectivity index (χ4n) is 5.00. The Bertz CT molecular complexity index is 1050. The summed E-state index contributed by atoms with van der Waals surface area (Å²) in [7, 11) is 0. The third-order valence-electron chi connectivity index (χ3n) is 6.28. The maximum Gasteiger partial charge on any atom is 0.163 e. The molecule has 0 N–H and O–H groups in total. The highest BCUT2D eigenvalue weighted by Gasteiger charge is 2.43. The molecule has 0 spiro atoms. The number of ether oxygens (including phenoxy) is 1. The zero-order valence-electron chi connectivity index (χ0n) is 16.8. The molecule has 0 amide bonds. The van der Waals surface area contributed by atoms with Crippen molar-refractivity contribution in [2.75, 3.05) is 0 Å². The number of nitrogens with zero attached hydrogens (tertiary/aromatic N) is 2. The number of para-hydroxylation sites is 1. The number of allylic oxidation sites excluding steroid dienone is 4. The van der Waals surface area contributed by atoms with Gasteiger partial charge in [0.25, 0.3) is 0 Å². The third kappa shape index (κ3) is 2.79. The molecule has 1 aliphatic heterocycles. The van der Waals surface area contributed by atoms with Crippen LogP contribution in [0.1, 0.15) is 61.4 Å². The molecule has 3 aliphatic rings. The van der Waals surface area contributed by atoms with Gasteiger partial charge < -0.3 is 4.74 Å². The van der Waals surface area contributed by atoms with Crippen LogP contribution >= 0.6 is 0 Å². The van der Waals surface area contributed by atoms with E-state index >= 15 is 0 Å². The Labute approximate surface area is 170 Å². The highest BCUT2D eigenvalue weighted by Crippen LogP contribution is 2.49. The number of Topliss-reactive ketones (excluding diaryl/α,β-unsaturated/α-hetero) is 2. The van der Waals surface area contributed by atoms with Gasteiger partial charge in [0.2, 0.25) is 0 Å². The lowest BCUT2D eigenvalue weighted by Crippen LogP contribution is -2.30. The van der Waals surface area contributed by atoms with Crippen molar-refractivity contribution in [1.82, 2.24) is 9.78 Å². The number of hydrogen-bond donors (Lipinski definition) is 0. The Kier molecular flexibility index (Phi) is 4.26. The number of hydrogen-bond acceptors (Lipinski definition) is 4. The first-order valence-corrected chi connectivity index (χ1v) is 10.4. The Balaban J connectivity index is 1.74. The highest BCUT2D eigenvalue weighted by molar-refractivity contribution is 6.05. The molecule has 0 fully saturated rings. The number of rotatable bonds is 2. The van der Waals surface area contributed by atoms with E-state index in [1.54, 1.807) is 0 Å². The molecular formula is C24H24N2O3. The molecule has 0 unspecified atom stereocenters. The first-order chi connectivity index (χ1) is 14.1. The van der Waals surface area contributed by atoms with Crippen LogP contribution < -0.4 is 0 Å². The molecule has 2 aromatic rings. The van der Waals surface area contributed by atoms with Crippen molar-refractivity contribution in [2.24, 2.45) is 0 Å². The zero-order chi connectivity index (χ0) is 20.1. The van der Waals surface area contributed by atoms with E-state index in [0.717, 1.165) is 59.8 Å². The summed E-state index contributed by atoms with van der Waals surface area (Å²) in [6.07, 6.45) is 4.16. The molecule has 0 saturated carbocycles. The minimum Gasteiger partial charge on any atom is -0.465 e. The lowest BCUT2D eigenvalue weighted by molar-refractivity contribution is -0.117. The van der Waals surface area contributed by atoms with E-state index in [1.807, 2.05) is 48.9 Å². The zero-order valence-corrected chi connectivity index (χ0v) is 16.8. The van der Waals surface area contributed by atoms with Crippen molar-refractivity contribution in [2.45, 2.75) is 58.3 Å². The summed E-state index contributed by atoms with van der Waals surface area (Å²) in [6, 6.07) is 9.97. The van der Waals surface area contributed by atoms with E-state index in [2.05, 4.69) is 0 Å². The molecule has 2 heterocycles. The molecule has 5 heteroatoms. The predicted octanol–water partition coefficient (Wildman–Crippen LogP) is 4.62. The monoisotopic (exact) mass is 388 g/mol. The van der Waals surface area contributed by atoms with Gasteiger partial charge in [-0.15, -0.1) is 0 Å². The van der Waals surface area contributed by atoms with Gasteiger partial charge in [0.05, 0.1) is 17.3 Å². The standard InChI is InChI=1S/C24H24N2O3/c1-14-21(15(2)26(25-14)16-8-4-3-5-9-16)24-22-17(27)10-6-12-19(22)29-20-13-7-11-18(28)23(20)24/h3-5,8-9,24H,6-7,10-13H2,1-2H3. The van der Waals surface area contributed by atoms with E-state index < -0.39 is 0 Å². The second-order valence-corrected chi connectivity index (χ2v) is 8.09. The highest BCUT2D eigenvalue weighted by atomic mass is 16.5. The molecule has 0 radical (unpaired) electrons. The Morgan fingerprint density at radius 1 is 0.897 bits per heavy atom. The fraction of sp³-hybridized carbons (Fsp3) is 0.375. The van der Waals surface area contributed by atoms with Crippen LogP contribution in [-0.4, -0.2) is 21.3 Å². The van der Waals surface area contributed by atoms with Gasteiger partial charge in [-0.2, -0.15) is 5.10 Å². The van der Waals surface area contributed by atoms with Crippen LogP contribution in [0.5, 0.6) is 0 Å². The quantitative estimate of drug-likeness (QED) is 0.753. The maximum atomic E-state index is 13.0. The largest absolute Gasteiger partial charge is 0.465 e. The Morgan fingerprint density at radius 3 is 2.07 bits per heavy atom. The van der Waals surface area contributed by atoms with E-state index in [9.17, 15) is 9.59 Å². The first kappa shape index (κ1) is 18.1. The van der Waals surface area contributed by atoms with Crippen molar-refractivity contribution in [3.8, 4) is 5.69 Å². The van der Waals surface area contributed by atoms with Crippen LogP contribution in [0.3, 0.4) is 0 Å². The maximum absolute atomic E-state index is 13.0. The topological polar surface area (TPSA) is 61.2 Å². The van der Waals surface area contributed by atoms with E-state index in [-0.39, 0.29) is 17.5 Å². The van der Waals surface area contributed by atoms with Crippen LogP contribution in [0.4, 0.5) is 0 Å². The lowest BCUT2D eigenvalue weighted by atomic mass is 9.72. The Hall–Kier alpha value is -2.95. The van der Waals surface area contributed by atoms with E-state index in [1.165, 1.54) is 0 Å². The van der Waals surface area contributed by atoms with Crippen LogP contribution in [0.15, 0.2) is 53.0 Å². The predicted molar refractivity (Wildman–Crippen MR) is 109 cm³/mol. The molecule has 0 saturated heterocycles. The fourth-order valence-corrected chi connectivity index (χ4v) is 5.00. The summed E-state index contributed by atoms with van der Waals surface area (Å²) in [5, 5.41) is 4.79. The van der Waals surface area contributed by atoms with E-state index in [0.29, 0.717) is 24.0 Å². The SMILES string of the molecule is Cc1nn(-c2ccccc2)c(C)c1C1C2=C(CCCC2=O)OC2=C1C(=O)CCC2. The molecule has 29 heavy (non-hydrogen) atoms. The van der Waals surface area contributed by atoms with Gasteiger partial charge in [-0.25, -0.2) is 4.68 Å². The van der Waals surface area contributed by atoms with Crippen molar-refractivity contribution in [3.05, 3.63) is 69.9 Å². The number of ketones is 2. The van der Waals surface area contributed by atoms with Crippen molar-refractivity contribution in [3.63, 3.8) is 0 Å². The van der Waals surface area contributed by atoms with Crippen LogP contribution in [0, 0.1) is 13.8 Å². The first-order valence-electron chi connectivity index (χ1n) is 10.4. The van der Waals surface area contributed by atoms with Gasteiger partial charge in [-0.1, -0.05) is 18.2 Å². The van der Waals surface area contributed by atoms with Crippen LogP contribution in [0.25, 0.3) is 5.69 Å². The van der Waals surface area contributed by atoms with Gasteiger partial charge >= 0.3 is 0 Å². The van der Waals surface area contributed by atoms with Gasteiger partial charge in [0, 0.05) is 48.1 Å². The Morgan fingerprint density at radius 2 is 1.48 bits per heavy atom. The second-order valence-electron chi connectivity index (χ2n) is 8.09. The molecule has 5 nitrogen and oxygen atoms in total. The average Bonchev–Trinajstić information content (AvgIpc) is 3.01. The van der Waals surface area contributed by atoms with Gasteiger partial charge in [0.15, 0.2) is 11.6 Å². The number of carbonyl (C=O) groups is 2. The number of carbonyl (C=O) groups excluding carboxylic acids is 2. The normalized spacial score (nSPS) is 19.9. The van der Waals surface area contributed by atoms with Crippen molar-refractivity contribution >= 4 is 11.6 Å². The summed E-state index contributed by atoms with van der Waals surface area (Å²) in [4.78, 5) is 26.0. The van der Waals surface area contributed by atoms with Crippen molar-refractivity contribution < 1.29 is 14.3 Å². The molecule has 0 atom stereocenters. The molecule has 0 bridgehead atoms. The third-order valence-corrected chi connectivity index (χ3v) is 6.28. The summed E-state index contributed by atoms with van der Waals surface area (Å²) in [6.45, 7) is 4.00. The molecule has 2 aliphatic carbocycles. The van der Waals surface area contributed by atoms with Gasteiger partial charge in [-0.3, -0.25) is 9.59 Å². The second kappa shape index (κ2) is 6.83. The van der Waals surface area contributed by atoms with Gasteiger partial charge in [-0.05, 0) is 38.8 Å². The summed E-state index contributed by atoms with van der Waals surface area (Å²) in [5.74, 6) is 1.39. The molecule has 1 aromatic heterocycles. The summed E-state index contributed by atoms with van der Waals surface area (Å²) < 4.78 is 8.07. The number of aryl methyl sites for hydroxylation is 1. The molecular weight excluding hydrogens is 364 g/mol. The van der Waals surface area contributed by atoms with Crippen LogP contribution in [-0.2, 0) is 14.3 Å². The lowest BCUT2D eigenvalue weighted by Gasteiger charge is -2.36. The molecule has 5 rings (SSSR count). The minimum atomic E-state index is -0.355. The number of aromatic nitrogens is 2. The van der Waals surface area contributed by atoms with Crippen molar-refractivity contribution in [1.29, 1.82) is 0 Å². The average molecular weight is 388 g/mol. The minimum absolute atomic E-state index is 0.104. The van der Waals surface area contributed by atoms with E-state index in [4.69, 9.17) is 9.84 Å². The number of benzene rings is 1. The van der Waals surface area contributed by atoms with Crippen LogP contribution in [0.2, 0.25) is 0 Å². The molecule has 148 valence electrons.